The van der Waals surface area contributed by atoms with Crippen LogP contribution in [0.1, 0.15) is 103 Å². The second-order valence-corrected chi connectivity index (χ2v) is 15.4. The molecule has 12 heteroatoms. The van der Waals surface area contributed by atoms with Crippen molar-refractivity contribution in [2.24, 2.45) is 0 Å². The van der Waals surface area contributed by atoms with E-state index in [1.54, 1.807) is 0 Å². The number of nitrogens with one attached hydrogen (secondary N) is 2. The summed E-state index contributed by atoms with van der Waals surface area (Å²) < 4.78 is 15.3. The predicted octanol–water partition coefficient (Wildman–Crippen LogP) is 6.83. The first kappa shape index (κ1) is 49.9. The molecule has 4 N–H and O–H groups in total. The maximum Gasteiger partial charge on any atom is 1.00 e. The molecule has 0 saturated heterocycles. The van der Waals surface area contributed by atoms with Crippen molar-refractivity contribution in [1.29, 1.82) is 0 Å². The normalized spacial score (nSPS) is 11.8. The third-order valence-electron chi connectivity index (χ3n) is 8.29. The van der Waals surface area contributed by atoms with Gasteiger partial charge in [-0.2, -0.15) is 0 Å². The number of benzene rings is 4. The first-order valence-corrected chi connectivity index (χ1v) is 18.5. The van der Waals surface area contributed by atoms with E-state index in [4.69, 9.17) is 14.6 Å². The van der Waals surface area contributed by atoms with Crippen LogP contribution in [-0.2, 0) is 36.6 Å². The van der Waals surface area contributed by atoms with E-state index in [9.17, 15) is 19.2 Å². The number of carbonyl (C=O) groups excluding carboxylic acids is 3. The topological polar surface area (TPSA) is 170 Å². The van der Waals surface area contributed by atoms with Gasteiger partial charge in [0.25, 0.3) is 0 Å². The summed E-state index contributed by atoms with van der Waals surface area (Å²) in [7, 11) is 1.40. The first-order valence-electron chi connectivity index (χ1n) is 18.5. The van der Waals surface area contributed by atoms with Gasteiger partial charge in [-0.1, -0.05) is 84.9 Å². The quantitative estimate of drug-likeness (QED) is 0.0793. The molecule has 0 fully saturated rings. The Labute approximate surface area is 349 Å². The van der Waals surface area contributed by atoms with E-state index in [1.165, 1.54) is 7.11 Å². The summed E-state index contributed by atoms with van der Waals surface area (Å²) in [6.07, 6.45) is 0.807. The molecular weight excluding hydrogens is 719 g/mol. The smallest absolute Gasteiger partial charge is 0.870 e. The van der Waals surface area contributed by atoms with Gasteiger partial charge in [-0.3, -0.25) is 9.59 Å². The van der Waals surface area contributed by atoms with E-state index in [0.29, 0.717) is 19.3 Å². The van der Waals surface area contributed by atoms with Gasteiger partial charge in [-0.15, -0.1) is 0 Å². The molecule has 4 aromatic rings. The molecule has 0 aliphatic heterocycles. The molecule has 4 rings (SSSR count). The molecule has 2 atom stereocenters. The molecule has 4 aromatic carbocycles. The number of alkyl carbamates (subject to hydrolysis) is 2. The maximum absolute atomic E-state index is 12.0. The zero-order valence-corrected chi connectivity index (χ0v) is 35.0. The number of rotatable bonds is 12. The molecule has 0 aliphatic carbocycles. The number of carboxylic acids is 1. The van der Waals surface area contributed by atoms with E-state index in [0.717, 1.165) is 44.5 Å². The van der Waals surface area contributed by atoms with Crippen molar-refractivity contribution in [3.8, 4) is 22.3 Å². The zero-order valence-electron chi connectivity index (χ0n) is 35.0. The Morgan fingerprint density at radius 2 is 0.965 bits per heavy atom. The second-order valence-electron chi connectivity index (χ2n) is 15.4. The molecule has 2 amide bonds. The number of esters is 1. The number of aryl methyl sites for hydroxylation is 2. The Kier molecular flexibility index (Phi) is 20.3. The van der Waals surface area contributed by atoms with Crippen LogP contribution in [0.5, 0.6) is 0 Å². The van der Waals surface area contributed by atoms with Crippen LogP contribution >= 0.6 is 0 Å². The van der Waals surface area contributed by atoms with Gasteiger partial charge in [0.2, 0.25) is 0 Å². The largest absolute Gasteiger partial charge is 1.00 e. The van der Waals surface area contributed by atoms with Gasteiger partial charge in [0, 0.05) is 12.8 Å². The van der Waals surface area contributed by atoms with Gasteiger partial charge in [-0.05, 0) is 125 Å². The third-order valence-corrected chi connectivity index (χ3v) is 8.29. The first-order chi connectivity index (χ1) is 25.8. The molecule has 0 heterocycles. The van der Waals surface area contributed by atoms with Crippen LogP contribution in [-0.4, -0.2) is 53.0 Å². The molecule has 0 spiro atoms. The standard InChI is InChI=1S/C23H29NO4.C22H27NO4.Li.H2O/c1-16(24-22(26)28-23(2,3)4)19-7-6-8-20(15-19)18-12-9-17(10-13-18)11-14-21(25)27-5;1-15(23-21(26)27-22(2,3)4)18-6-5-7-19(14-18)17-11-8-16(9-12-17)10-13-20(24)25;;/h6-10,12-13,15-16H,11,14H2,1-5H3,(H,24,26);5-9,11-12,14-15H,10,13H2,1-4H3,(H,23,26)(H,24,25);;1H2/q;;+1;/p-1/t16-;15-;;/m11../s1. The van der Waals surface area contributed by atoms with Crippen LogP contribution in [0.25, 0.3) is 22.3 Å². The van der Waals surface area contributed by atoms with E-state index in [-0.39, 0.29) is 48.8 Å². The van der Waals surface area contributed by atoms with Crippen LogP contribution in [0.2, 0.25) is 0 Å². The van der Waals surface area contributed by atoms with Crippen molar-refractivity contribution < 1.29 is 62.8 Å². The predicted molar refractivity (Wildman–Crippen MR) is 218 cm³/mol. The van der Waals surface area contributed by atoms with Crippen molar-refractivity contribution in [1.82, 2.24) is 10.6 Å². The van der Waals surface area contributed by atoms with Crippen LogP contribution < -0.4 is 29.5 Å². The van der Waals surface area contributed by atoms with Crippen molar-refractivity contribution in [2.75, 3.05) is 7.11 Å². The van der Waals surface area contributed by atoms with Crippen LogP contribution in [0.3, 0.4) is 0 Å². The van der Waals surface area contributed by atoms with Gasteiger partial charge < -0.3 is 35.4 Å². The van der Waals surface area contributed by atoms with Crippen molar-refractivity contribution in [3.05, 3.63) is 119 Å². The number of aliphatic carboxylic acids is 1. The summed E-state index contributed by atoms with van der Waals surface area (Å²) >= 11 is 0. The molecule has 0 saturated carbocycles. The summed E-state index contributed by atoms with van der Waals surface area (Å²) in [5.41, 5.74) is 7.22. The fourth-order valence-corrected chi connectivity index (χ4v) is 5.44. The summed E-state index contributed by atoms with van der Waals surface area (Å²) in [4.78, 5) is 45.9. The Morgan fingerprint density at radius 1 is 0.596 bits per heavy atom. The fourth-order valence-electron chi connectivity index (χ4n) is 5.44. The number of hydrogen-bond donors (Lipinski definition) is 3. The monoisotopic (exact) mass is 776 g/mol. The second kappa shape index (κ2) is 23.2. The Morgan fingerprint density at radius 3 is 1.30 bits per heavy atom. The summed E-state index contributed by atoms with van der Waals surface area (Å²) in [6, 6.07) is 31.7. The van der Waals surface area contributed by atoms with Gasteiger partial charge in [0.1, 0.15) is 11.2 Å². The average Bonchev–Trinajstić information content (AvgIpc) is 3.12. The molecular formula is C45H57LiN2O9. The number of carbonyl (C=O) groups is 4. The molecule has 0 radical (unpaired) electrons. The molecule has 57 heavy (non-hydrogen) atoms. The van der Waals surface area contributed by atoms with E-state index < -0.39 is 29.4 Å². The van der Waals surface area contributed by atoms with E-state index in [1.807, 2.05) is 146 Å². The average molecular weight is 777 g/mol. The van der Waals surface area contributed by atoms with Crippen molar-refractivity contribution >= 4 is 24.1 Å². The Balaban J connectivity index is 0.000000551. The minimum atomic E-state index is -0.793. The number of hydrogen-bond acceptors (Lipinski definition) is 8. The van der Waals surface area contributed by atoms with Gasteiger partial charge in [-0.25, -0.2) is 9.59 Å². The SMILES string of the molecule is COC(=O)CCc1ccc(-c2cccc([C@@H](C)NC(=O)OC(C)(C)C)c2)cc1.C[C@@H](NC(=O)OC(C)(C)C)c1cccc(-c2ccc(CCC(=O)O)cc2)c1.[Li+].[OH-]. The van der Waals surface area contributed by atoms with Gasteiger partial charge >= 0.3 is 43.0 Å². The minimum Gasteiger partial charge on any atom is -0.870 e. The molecule has 0 aliphatic rings. The van der Waals surface area contributed by atoms with E-state index >= 15 is 0 Å². The summed E-state index contributed by atoms with van der Waals surface area (Å²) in [5.74, 6) is -0.999. The molecule has 0 aromatic heterocycles. The third kappa shape index (κ3) is 18.6. The van der Waals surface area contributed by atoms with E-state index in [2.05, 4.69) is 21.4 Å². The van der Waals surface area contributed by atoms with Crippen LogP contribution in [0.4, 0.5) is 9.59 Å². The number of ether oxygens (including phenoxy) is 3. The van der Waals surface area contributed by atoms with Crippen molar-refractivity contribution in [3.63, 3.8) is 0 Å². The number of carboxylic acid groups (broad SMARTS) is 1. The summed E-state index contributed by atoms with van der Waals surface area (Å²) in [6.45, 7) is 14.9. The molecule has 0 unspecified atom stereocenters. The Bertz CT molecular complexity index is 1880. The van der Waals surface area contributed by atoms with Crippen molar-refractivity contribution in [2.45, 2.75) is 104 Å². The number of methoxy groups -OCH3 is 1. The number of amides is 2. The van der Waals surface area contributed by atoms with Crippen LogP contribution in [0, 0.1) is 0 Å². The molecule has 0 bridgehead atoms. The van der Waals surface area contributed by atoms with Crippen LogP contribution in [0.15, 0.2) is 97.1 Å². The van der Waals surface area contributed by atoms with Gasteiger partial charge in [0.15, 0.2) is 0 Å². The molecule has 11 nitrogen and oxygen atoms in total. The maximum atomic E-state index is 12.0. The molecule has 302 valence electrons. The zero-order chi connectivity index (χ0) is 40.8. The summed E-state index contributed by atoms with van der Waals surface area (Å²) in [5, 5.41) is 14.5. The Hall–Kier alpha value is -5.08. The fraction of sp³-hybridized carbons (Fsp3) is 0.378. The minimum absolute atomic E-state index is 0. The van der Waals surface area contributed by atoms with Gasteiger partial charge in [0.05, 0.1) is 19.2 Å².